The summed E-state index contributed by atoms with van der Waals surface area (Å²) in [5.74, 6) is 0.962. The molecule has 1 atom stereocenters. The van der Waals surface area contributed by atoms with Gasteiger partial charge in [0.1, 0.15) is 5.75 Å². The van der Waals surface area contributed by atoms with Gasteiger partial charge in [-0.15, -0.1) is 0 Å². The first-order chi connectivity index (χ1) is 9.16. The summed E-state index contributed by atoms with van der Waals surface area (Å²) in [5, 5.41) is 0.739. The molecule has 0 radical (unpaired) electrons. The molecule has 0 aliphatic carbocycles. The van der Waals surface area contributed by atoms with Crippen molar-refractivity contribution in [3.8, 4) is 5.75 Å². The van der Waals surface area contributed by atoms with Crippen LogP contribution in [0.4, 0.5) is 0 Å². The molecule has 2 nitrogen and oxygen atoms in total. The molecular formula is C16H16ClNO. The molecule has 0 amide bonds. The number of nitrogens with two attached hydrogens (primary N) is 1. The molecule has 1 aliphatic heterocycles. The van der Waals surface area contributed by atoms with Gasteiger partial charge in [0.25, 0.3) is 0 Å². The first-order valence-electron chi connectivity index (χ1n) is 6.43. The Hall–Kier alpha value is -1.51. The zero-order valence-corrected chi connectivity index (χ0v) is 11.6. The molecule has 1 aliphatic rings. The van der Waals surface area contributed by atoms with E-state index in [0.717, 1.165) is 40.5 Å². The highest BCUT2D eigenvalue weighted by Crippen LogP contribution is 2.36. The van der Waals surface area contributed by atoms with Gasteiger partial charge in [0, 0.05) is 17.0 Å². The number of para-hydroxylation sites is 1. The Labute approximate surface area is 118 Å². The molecule has 0 bridgehead atoms. The summed E-state index contributed by atoms with van der Waals surface area (Å²) in [7, 11) is 0. The van der Waals surface area contributed by atoms with Crippen molar-refractivity contribution in [3.05, 3.63) is 63.7 Å². The third-order valence-electron chi connectivity index (χ3n) is 3.65. The number of benzene rings is 2. The van der Waals surface area contributed by atoms with Gasteiger partial charge in [0.15, 0.2) is 0 Å². The Bertz CT molecular complexity index is 624. The number of hydrogen-bond acceptors (Lipinski definition) is 2. The van der Waals surface area contributed by atoms with Crippen LogP contribution in [-0.4, -0.2) is 6.61 Å². The minimum absolute atomic E-state index is 0.176. The molecule has 0 saturated carbocycles. The number of fused-ring (bicyclic) bond motifs is 1. The minimum Gasteiger partial charge on any atom is -0.493 e. The molecule has 2 aromatic carbocycles. The van der Waals surface area contributed by atoms with Crippen molar-refractivity contribution in [1.82, 2.24) is 0 Å². The van der Waals surface area contributed by atoms with Gasteiger partial charge in [-0.1, -0.05) is 35.9 Å². The maximum absolute atomic E-state index is 6.42. The van der Waals surface area contributed by atoms with E-state index < -0.39 is 0 Å². The molecule has 2 N–H and O–H groups in total. The fourth-order valence-corrected chi connectivity index (χ4v) is 2.87. The van der Waals surface area contributed by atoms with E-state index in [0.29, 0.717) is 0 Å². The number of aryl methyl sites for hydroxylation is 1. The fraction of sp³-hybridized carbons (Fsp3) is 0.250. The first-order valence-corrected chi connectivity index (χ1v) is 6.81. The topological polar surface area (TPSA) is 35.2 Å². The van der Waals surface area contributed by atoms with E-state index in [4.69, 9.17) is 22.1 Å². The van der Waals surface area contributed by atoms with Crippen LogP contribution >= 0.6 is 11.6 Å². The van der Waals surface area contributed by atoms with Crippen LogP contribution in [0, 0.1) is 6.92 Å². The standard InChI is InChI=1S/C16H16ClNO/c1-10-9-12(17)5-6-13(10)15(18)14-4-2-3-11-7-8-19-16(11)14/h2-6,9,15H,7-8,18H2,1H3. The van der Waals surface area contributed by atoms with Crippen LogP contribution in [0.25, 0.3) is 0 Å². The van der Waals surface area contributed by atoms with Crippen molar-refractivity contribution in [2.75, 3.05) is 6.61 Å². The molecule has 3 rings (SSSR count). The van der Waals surface area contributed by atoms with E-state index in [1.54, 1.807) is 0 Å². The van der Waals surface area contributed by atoms with Gasteiger partial charge in [-0.3, -0.25) is 0 Å². The van der Waals surface area contributed by atoms with E-state index in [-0.39, 0.29) is 6.04 Å². The Balaban J connectivity index is 2.05. The monoisotopic (exact) mass is 273 g/mol. The number of ether oxygens (including phenoxy) is 1. The number of halogens is 1. The highest BCUT2D eigenvalue weighted by atomic mass is 35.5. The number of rotatable bonds is 2. The SMILES string of the molecule is Cc1cc(Cl)ccc1C(N)c1cccc2c1OCC2. The van der Waals surface area contributed by atoms with E-state index >= 15 is 0 Å². The van der Waals surface area contributed by atoms with Crippen LogP contribution in [0.15, 0.2) is 36.4 Å². The smallest absolute Gasteiger partial charge is 0.127 e. The molecule has 19 heavy (non-hydrogen) atoms. The van der Waals surface area contributed by atoms with Gasteiger partial charge in [0.2, 0.25) is 0 Å². The maximum Gasteiger partial charge on any atom is 0.127 e. The fourth-order valence-electron chi connectivity index (χ4n) is 2.64. The second-order valence-electron chi connectivity index (χ2n) is 4.91. The third kappa shape index (κ3) is 2.22. The summed E-state index contributed by atoms with van der Waals surface area (Å²) < 4.78 is 5.73. The average molecular weight is 274 g/mol. The number of hydrogen-bond donors (Lipinski definition) is 1. The lowest BCUT2D eigenvalue weighted by Crippen LogP contribution is -2.14. The molecule has 2 aromatic rings. The second-order valence-corrected chi connectivity index (χ2v) is 5.35. The van der Waals surface area contributed by atoms with E-state index in [1.165, 1.54) is 5.56 Å². The lowest BCUT2D eigenvalue weighted by molar-refractivity contribution is 0.352. The van der Waals surface area contributed by atoms with Gasteiger partial charge in [-0.25, -0.2) is 0 Å². The Kier molecular flexibility index (Phi) is 3.21. The summed E-state index contributed by atoms with van der Waals surface area (Å²) in [6.45, 7) is 2.78. The van der Waals surface area contributed by atoms with Gasteiger partial charge in [-0.05, 0) is 35.7 Å². The van der Waals surface area contributed by atoms with Crippen molar-refractivity contribution < 1.29 is 4.74 Å². The largest absolute Gasteiger partial charge is 0.493 e. The highest BCUT2D eigenvalue weighted by Gasteiger charge is 2.21. The van der Waals surface area contributed by atoms with Gasteiger partial charge in [-0.2, -0.15) is 0 Å². The molecule has 0 spiro atoms. The quantitative estimate of drug-likeness (QED) is 0.907. The third-order valence-corrected chi connectivity index (χ3v) is 3.88. The maximum atomic E-state index is 6.42. The average Bonchev–Trinajstić information content (AvgIpc) is 2.86. The molecule has 1 heterocycles. The molecule has 3 heteroatoms. The molecule has 98 valence electrons. The van der Waals surface area contributed by atoms with E-state index in [1.807, 2.05) is 37.3 Å². The van der Waals surface area contributed by atoms with Crippen molar-refractivity contribution in [2.24, 2.45) is 5.73 Å². The van der Waals surface area contributed by atoms with Crippen LogP contribution in [-0.2, 0) is 6.42 Å². The minimum atomic E-state index is -0.176. The van der Waals surface area contributed by atoms with Crippen LogP contribution in [0.2, 0.25) is 5.02 Å². The first kappa shape index (κ1) is 12.5. The Morgan fingerprint density at radius 1 is 1.21 bits per heavy atom. The summed E-state index contributed by atoms with van der Waals surface area (Å²) in [6.07, 6.45) is 0.968. The van der Waals surface area contributed by atoms with Crippen LogP contribution in [0.3, 0.4) is 0 Å². The molecule has 0 fully saturated rings. The van der Waals surface area contributed by atoms with E-state index in [2.05, 4.69) is 6.07 Å². The summed E-state index contributed by atoms with van der Waals surface area (Å²) in [6, 6.07) is 11.8. The lowest BCUT2D eigenvalue weighted by Gasteiger charge is -2.18. The molecule has 0 aromatic heterocycles. The highest BCUT2D eigenvalue weighted by molar-refractivity contribution is 6.30. The molecule has 1 unspecified atom stereocenters. The molecule has 0 saturated heterocycles. The van der Waals surface area contributed by atoms with Gasteiger partial charge >= 0.3 is 0 Å². The predicted molar refractivity (Wildman–Crippen MR) is 77.9 cm³/mol. The van der Waals surface area contributed by atoms with Crippen LogP contribution < -0.4 is 10.5 Å². The van der Waals surface area contributed by atoms with Crippen LogP contribution in [0.5, 0.6) is 5.75 Å². The van der Waals surface area contributed by atoms with Crippen molar-refractivity contribution in [3.63, 3.8) is 0 Å². The Morgan fingerprint density at radius 2 is 2.05 bits per heavy atom. The van der Waals surface area contributed by atoms with E-state index in [9.17, 15) is 0 Å². The second kappa shape index (κ2) is 4.87. The summed E-state index contributed by atoms with van der Waals surface area (Å²) >= 11 is 6.00. The van der Waals surface area contributed by atoms with Crippen LogP contribution in [0.1, 0.15) is 28.3 Å². The van der Waals surface area contributed by atoms with Gasteiger partial charge in [0.05, 0.1) is 12.6 Å². The van der Waals surface area contributed by atoms with Gasteiger partial charge < -0.3 is 10.5 Å². The predicted octanol–water partition coefficient (Wildman–Crippen LogP) is 3.63. The zero-order chi connectivity index (χ0) is 13.4. The normalized spacial score (nSPS) is 14.9. The zero-order valence-electron chi connectivity index (χ0n) is 10.8. The van der Waals surface area contributed by atoms with Crippen molar-refractivity contribution >= 4 is 11.6 Å². The summed E-state index contributed by atoms with van der Waals surface area (Å²) in [4.78, 5) is 0. The Morgan fingerprint density at radius 3 is 2.84 bits per heavy atom. The van der Waals surface area contributed by atoms with Crippen molar-refractivity contribution in [2.45, 2.75) is 19.4 Å². The molecular weight excluding hydrogens is 258 g/mol. The summed E-state index contributed by atoms with van der Waals surface area (Å²) in [5.41, 5.74) is 10.9. The lowest BCUT2D eigenvalue weighted by atomic mass is 9.94. The van der Waals surface area contributed by atoms with Crippen molar-refractivity contribution in [1.29, 1.82) is 0 Å².